The van der Waals surface area contributed by atoms with Crippen molar-refractivity contribution in [2.24, 2.45) is 5.92 Å². The van der Waals surface area contributed by atoms with Gasteiger partial charge in [0.05, 0.1) is 0 Å². The summed E-state index contributed by atoms with van der Waals surface area (Å²) < 4.78 is 58.2. The van der Waals surface area contributed by atoms with E-state index in [4.69, 9.17) is 4.74 Å². The first-order valence-electron chi connectivity index (χ1n) is 11.0. The predicted octanol–water partition coefficient (Wildman–Crippen LogP) is 7.82. The van der Waals surface area contributed by atoms with Crippen LogP contribution in [0.25, 0.3) is 11.1 Å². The Morgan fingerprint density at radius 2 is 1.63 bits per heavy atom. The molecule has 2 aromatic carbocycles. The van der Waals surface area contributed by atoms with Crippen molar-refractivity contribution in [2.45, 2.75) is 76.5 Å². The summed E-state index contributed by atoms with van der Waals surface area (Å²) in [5, 5.41) is 0. The second kappa shape index (κ2) is 8.60. The van der Waals surface area contributed by atoms with E-state index in [-0.39, 0.29) is 18.6 Å². The van der Waals surface area contributed by atoms with E-state index < -0.39 is 18.1 Å². The summed E-state index contributed by atoms with van der Waals surface area (Å²) in [6.45, 7) is 2.25. The molecule has 1 fully saturated rings. The van der Waals surface area contributed by atoms with E-state index in [2.05, 4.69) is 19.1 Å². The molecular weight excluding hydrogens is 392 g/mol. The molecule has 1 atom stereocenters. The highest BCUT2D eigenvalue weighted by molar-refractivity contribution is 5.66. The quantitative estimate of drug-likeness (QED) is 0.458. The van der Waals surface area contributed by atoms with Crippen molar-refractivity contribution in [1.29, 1.82) is 0 Å². The summed E-state index contributed by atoms with van der Waals surface area (Å²) in [4.78, 5) is 0. The van der Waals surface area contributed by atoms with Gasteiger partial charge in [-0.05, 0) is 84.7 Å². The Hall–Kier alpha value is -2.04. The van der Waals surface area contributed by atoms with Gasteiger partial charge in [-0.15, -0.1) is 0 Å². The van der Waals surface area contributed by atoms with Crippen LogP contribution in [-0.2, 0) is 6.42 Å². The standard InChI is InChI=1S/C25H28F4O/c1-2-3-16-4-6-17(7-5-16)18-8-10-19(11-9-18)21-14-20-12-13-23(25(27,28)29)30-24(20)22(26)15-21/h8-11,14-17,23H,2-7,12-13H2,1H3. The Morgan fingerprint density at radius 3 is 2.27 bits per heavy atom. The summed E-state index contributed by atoms with van der Waals surface area (Å²) in [7, 11) is 0. The third-order valence-electron chi connectivity index (χ3n) is 6.68. The van der Waals surface area contributed by atoms with E-state index in [9.17, 15) is 17.6 Å². The molecule has 0 N–H and O–H groups in total. The van der Waals surface area contributed by atoms with Gasteiger partial charge >= 0.3 is 6.18 Å². The molecule has 1 aliphatic heterocycles. The molecule has 0 radical (unpaired) electrons. The van der Waals surface area contributed by atoms with Gasteiger partial charge in [0.25, 0.3) is 0 Å². The number of halogens is 4. The van der Waals surface area contributed by atoms with Crippen LogP contribution < -0.4 is 4.74 Å². The van der Waals surface area contributed by atoms with E-state index in [0.29, 0.717) is 17.0 Å². The number of rotatable bonds is 4. The second-order valence-electron chi connectivity index (χ2n) is 8.76. The molecule has 30 heavy (non-hydrogen) atoms. The molecule has 0 aromatic heterocycles. The van der Waals surface area contributed by atoms with Gasteiger partial charge in [0.15, 0.2) is 17.7 Å². The molecule has 1 heterocycles. The molecule has 1 nitrogen and oxygen atoms in total. The molecule has 4 rings (SSSR count). The molecule has 1 aliphatic carbocycles. The first kappa shape index (κ1) is 21.2. The van der Waals surface area contributed by atoms with Gasteiger partial charge < -0.3 is 4.74 Å². The smallest absolute Gasteiger partial charge is 0.425 e. The van der Waals surface area contributed by atoms with Crippen molar-refractivity contribution in [3.8, 4) is 16.9 Å². The first-order chi connectivity index (χ1) is 14.3. The molecule has 0 amide bonds. The van der Waals surface area contributed by atoms with Crippen molar-refractivity contribution < 1.29 is 22.3 Å². The molecule has 0 saturated heterocycles. The van der Waals surface area contributed by atoms with Crippen LogP contribution >= 0.6 is 0 Å². The van der Waals surface area contributed by atoms with Crippen LogP contribution in [0.3, 0.4) is 0 Å². The van der Waals surface area contributed by atoms with Crippen LogP contribution in [0.1, 0.15) is 68.9 Å². The fraction of sp³-hybridized carbons (Fsp3) is 0.520. The zero-order chi connectivity index (χ0) is 21.3. The number of alkyl halides is 3. The topological polar surface area (TPSA) is 9.23 Å². The largest absolute Gasteiger partial charge is 0.478 e. The summed E-state index contributed by atoms with van der Waals surface area (Å²) in [6, 6.07) is 11.3. The number of hydrogen-bond donors (Lipinski definition) is 0. The summed E-state index contributed by atoms with van der Waals surface area (Å²) in [5.41, 5.74) is 3.38. The maximum atomic E-state index is 14.6. The molecular formula is C25H28F4O. The molecule has 1 saturated carbocycles. The van der Waals surface area contributed by atoms with Crippen LogP contribution in [-0.4, -0.2) is 12.3 Å². The highest BCUT2D eigenvalue weighted by Gasteiger charge is 2.44. The third kappa shape index (κ3) is 4.50. The highest BCUT2D eigenvalue weighted by Crippen LogP contribution is 2.40. The molecule has 2 aliphatic rings. The molecule has 162 valence electrons. The van der Waals surface area contributed by atoms with Crippen LogP contribution in [0.15, 0.2) is 36.4 Å². The lowest BCUT2D eigenvalue weighted by molar-refractivity contribution is -0.199. The minimum atomic E-state index is -4.48. The molecule has 5 heteroatoms. The monoisotopic (exact) mass is 420 g/mol. The van der Waals surface area contributed by atoms with Crippen LogP contribution in [0.5, 0.6) is 5.75 Å². The Labute approximate surface area is 175 Å². The van der Waals surface area contributed by atoms with Gasteiger partial charge in [-0.1, -0.05) is 44.0 Å². The van der Waals surface area contributed by atoms with Crippen molar-refractivity contribution in [1.82, 2.24) is 0 Å². The lowest BCUT2D eigenvalue weighted by Gasteiger charge is -2.29. The summed E-state index contributed by atoms with van der Waals surface area (Å²) in [5.74, 6) is 0.464. The third-order valence-corrected chi connectivity index (χ3v) is 6.68. The predicted molar refractivity (Wildman–Crippen MR) is 110 cm³/mol. The number of ether oxygens (including phenoxy) is 1. The Morgan fingerprint density at radius 1 is 0.933 bits per heavy atom. The van der Waals surface area contributed by atoms with E-state index >= 15 is 0 Å². The molecule has 0 spiro atoms. The average molecular weight is 420 g/mol. The van der Waals surface area contributed by atoms with E-state index in [0.717, 1.165) is 11.5 Å². The average Bonchev–Trinajstić information content (AvgIpc) is 2.74. The maximum absolute atomic E-state index is 14.6. The number of fused-ring (bicyclic) bond motifs is 1. The minimum Gasteiger partial charge on any atom is -0.478 e. The van der Waals surface area contributed by atoms with Crippen LogP contribution in [0, 0.1) is 11.7 Å². The second-order valence-corrected chi connectivity index (χ2v) is 8.76. The van der Waals surface area contributed by atoms with Crippen molar-refractivity contribution in [2.75, 3.05) is 0 Å². The van der Waals surface area contributed by atoms with Gasteiger partial charge in [-0.25, -0.2) is 4.39 Å². The van der Waals surface area contributed by atoms with Crippen molar-refractivity contribution in [3.63, 3.8) is 0 Å². The number of benzene rings is 2. The van der Waals surface area contributed by atoms with Crippen LogP contribution in [0.4, 0.5) is 17.6 Å². The van der Waals surface area contributed by atoms with E-state index in [1.807, 2.05) is 12.1 Å². The van der Waals surface area contributed by atoms with Gasteiger partial charge in [-0.2, -0.15) is 13.2 Å². The normalized spacial score (nSPS) is 24.2. The van der Waals surface area contributed by atoms with Gasteiger partial charge in [0, 0.05) is 0 Å². The summed E-state index contributed by atoms with van der Waals surface area (Å²) >= 11 is 0. The lowest BCUT2D eigenvalue weighted by Crippen LogP contribution is -2.37. The van der Waals surface area contributed by atoms with Crippen LogP contribution in [0.2, 0.25) is 0 Å². The van der Waals surface area contributed by atoms with Gasteiger partial charge in [0.2, 0.25) is 0 Å². The SMILES string of the molecule is CCCC1CCC(c2ccc(-c3cc(F)c4c(c3)CCC(C(F)(F)F)O4)cc2)CC1. The zero-order valence-corrected chi connectivity index (χ0v) is 17.3. The fourth-order valence-electron chi connectivity index (χ4n) is 4.99. The molecule has 0 bridgehead atoms. The molecule has 2 aromatic rings. The summed E-state index contributed by atoms with van der Waals surface area (Å²) in [6.07, 6.45) is 1.15. The van der Waals surface area contributed by atoms with E-state index in [1.165, 1.54) is 50.2 Å². The van der Waals surface area contributed by atoms with Gasteiger partial charge in [0.1, 0.15) is 0 Å². The van der Waals surface area contributed by atoms with E-state index in [1.54, 1.807) is 6.07 Å². The minimum absolute atomic E-state index is 0.156. The number of hydrogen-bond acceptors (Lipinski definition) is 1. The lowest BCUT2D eigenvalue weighted by atomic mass is 9.77. The van der Waals surface area contributed by atoms with Crippen molar-refractivity contribution >= 4 is 0 Å². The Kier molecular flexibility index (Phi) is 6.08. The highest BCUT2D eigenvalue weighted by atomic mass is 19.4. The van der Waals surface area contributed by atoms with Gasteiger partial charge in [-0.3, -0.25) is 0 Å². The fourth-order valence-corrected chi connectivity index (χ4v) is 4.99. The Balaban J connectivity index is 1.48. The zero-order valence-electron chi connectivity index (χ0n) is 17.3. The first-order valence-corrected chi connectivity index (χ1v) is 11.0. The molecule has 1 unspecified atom stereocenters. The number of aryl methyl sites for hydroxylation is 1. The maximum Gasteiger partial charge on any atom is 0.425 e. The van der Waals surface area contributed by atoms with Crippen molar-refractivity contribution in [3.05, 3.63) is 53.3 Å². The Bertz CT molecular complexity index is 864.